The fourth-order valence-corrected chi connectivity index (χ4v) is 2.10. The van der Waals surface area contributed by atoms with Crippen LogP contribution in [0.5, 0.6) is 5.75 Å². The lowest BCUT2D eigenvalue weighted by atomic mass is 10.1. The SMILES string of the molecule is CN(C)S(=O)(=O)Nc1ccc2c(c1)CCO2. The fourth-order valence-electron chi connectivity index (χ4n) is 1.49. The first-order valence-electron chi connectivity index (χ1n) is 4.95. The minimum Gasteiger partial charge on any atom is -0.493 e. The van der Waals surface area contributed by atoms with E-state index in [0.29, 0.717) is 12.3 Å². The third-order valence-electron chi connectivity index (χ3n) is 2.42. The Morgan fingerprint density at radius 2 is 2.12 bits per heavy atom. The number of rotatable bonds is 3. The van der Waals surface area contributed by atoms with Crippen LogP contribution < -0.4 is 9.46 Å². The van der Waals surface area contributed by atoms with Gasteiger partial charge in [-0.05, 0) is 23.8 Å². The van der Waals surface area contributed by atoms with E-state index in [2.05, 4.69) is 4.72 Å². The van der Waals surface area contributed by atoms with Gasteiger partial charge in [0.25, 0.3) is 0 Å². The van der Waals surface area contributed by atoms with Gasteiger partial charge in [0.2, 0.25) is 0 Å². The van der Waals surface area contributed by atoms with Gasteiger partial charge < -0.3 is 4.74 Å². The summed E-state index contributed by atoms with van der Waals surface area (Å²) in [6.07, 6.45) is 0.826. The lowest BCUT2D eigenvalue weighted by Gasteiger charge is -2.13. The predicted molar refractivity (Wildman–Crippen MR) is 61.9 cm³/mol. The molecule has 1 aromatic carbocycles. The van der Waals surface area contributed by atoms with Crippen molar-refractivity contribution in [3.63, 3.8) is 0 Å². The average Bonchev–Trinajstić information content (AvgIpc) is 2.63. The van der Waals surface area contributed by atoms with Crippen molar-refractivity contribution in [1.82, 2.24) is 4.31 Å². The monoisotopic (exact) mass is 242 g/mol. The molecule has 2 rings (SSSR count). The Morgan fingerprint density at radius 3 is 2.81 bits per heavy atom. The second-order valence-electron chi connectivity index (χ2n) is 3.81. The van der Waals surface area contributed by atoms with E-state index in [1.807, 2.05) is 6.07 Å². The lowest BCUT2D eigenvalue weighted by Crippen LogP contribution is -2.28. The molecule has 1 aromatic rings. The predicted octanol–water partition coefficient (Wildman–Crippen LogP) is 0.840. The molecule has 1 N–H and O–H groups in total. The van der Waals surface area contributed by atoms with Crippen molar-refractivity contribution in [2.45, 2.75) is 6.42 Å². The number of nitrogens with one attached hydrogen (secondary N) is 1. The summed E-state index contributed by atoms with van der Waals surface area (Å²) in [5.74, 6) is 0.841. The molecule has 1 aliphatic heterocycles. The van der Waals surface area contributed by atoms with Crippen molar-refractivity contribution in [1.29, 1.82) is 0 Å². The second-order valence-corrected chi connectivity index (χ2v) is 5.70. The zero-order valence-corrected chi connectivity index (χ0v) is 10.0. The Kier molecular flexibility index (Phi) is 2.77. The second kappa shape index (κ2) is 3.95. The molecule has 6 heteroatoms. The molecule has 5 nitrogen and oxygen atoms in total. The number of anilines is 1. The first-order valence-corrected chi connectivity index (χ1v) is 6.39. The highest BCUT2D eigenvalue weighted by molar-refractivity contribution is 7.90. The van der Waals surface area contributed by atoms with E-state index >= 15 is 0 Å². The van der Waals surface area contributed by atoms with Gasteiger partial charge in [-0.2, -0.15) is 12.7 Å². The van der Waals surface area contributed by atoms with Crippen molar-refractivity contribution < 1.29 is 13.2 Å². The molecule has 0 amide bonds. The summed E-state index contributed by atoms with van der Waals surface area (Å²) in [6.45, 7) is 0.666. The van der Waals surface area contributed by atoms with Crippen LogP contribution in [0.15, 0.2) is 18.2 Å². The number of hydrogen-bond donors (Lipinski definition) is 1. The third-order valence-corrected chi connectivity index (χ3v) is 3.87. The maximum atomic E-state index is 11.6. The molecule has 0 unspecified atom stereocenters. The van der Waals surface area contributed by atoms with Crippen molar-refractivity contribution >= 4 is 15.9 Å². The highest BCUT2D eigenvalue weighted by atomic mass is 32.2. The van der Waals surface area contributed by atoms with Crippen LogP contribution in [0.3, 0.4) is 0 Å². The summed E-state index contributed by atoms with van der Waals surface area (Å²) >= 11 is 0. The van der Waals surface area contributed by atoms with E-state index < -0.39 is 10.2 Å². The highest BCUT2D eigenvalue weighted by Gasteiger charge is 2.16. The van der Waals surface area contributed by atoms with Crippen LogP contribution >= 0.6 is 0 Å². The average molecular weight is 242 g/mol. The van der Waals surface area contributed by atoms with E-state index in [9.17, 15) is 8.42 Å². The third kappa shape index (κ3) is 2.12. The number of benzene rings is 1. The summed E-state index contributed by atoms with van der Waals surface area (Å²) in [5.41, 5.74) is 1.61. The zero-order chi connectivity index (χ0) is 11.8. The van der Waals surface area contributed by atoms with Gasteiger partial charge in [-0.15, -0.1) is 0 Å². The van der Waals surface area contributed by atoms with Gasteiger partial charge in [-0.3, -0.25) is 4.72 Å². The van der Waals surface area contributed by atoms with Gasteiger partial charge in [-0.25, -0.2) is 0 Å². The summed E-state index contributed by atoms with van der Waals surface area (Å²) in [7, 11) is -0.456. The van der Waals surface area contributed by atoms with Crippen LogP contribution in [-0.4, -0.2) is 33.4 Å². The maximum absolute atomic E-state index is 11.6. The standard InChI is InChI=1S/C10H14N2O3S/c1-12(2)16(13,14)11-9-3-4-10-8(7-9)5-6-15-10/h3-4,7,11H,5-6H2,1-2H3. The molecule has 0 fully saturated rings. The molecule has 0 atom stereocenters. The molecule has 0 bridgehead atoms. The Morgan fingerprint density at radius 1 is 1.38 bits per heavy atom. The minimum atomic E-state index is -3.43. The molecule has 1 aliphatic rings. The minimum absolute atomic E-state index is 0.568. The van der Waals surface area contributed by atoms with Crippen molar-refractivity contribution in [2.75, 3.05) is 25.4 Å². The Labute approximate surface area is 95.2 Å². The van der Waals surface area contributed by atoms with Gasteiger partial charge in [-0.1, -0.05) is 0 Å². The van der Waals surface area contributed by atoms with Crippen LogP contribution in [-0.2, 0) is 16.6 Å². The van der Waals surface area contributed by atoms with Crippen molar-refractivity contribution in [2.24, 2.45) is 0 Å². The van der Waals surface area contributed by atoms with E-state index in [0.717, 1.165) is 22.0 Å². The first-order chi connectivity index (χ1) is 7.49. The molecule has 0 radical (unpaired) electrons. The molecule has 88 valence electrons. The number of hydrogen-bond acceptors (Lipinski definition) is 3. The van der Waals surface area contributed by atoms with Gasteiger partial charge in [0, 0.05) is 20.5 Å². The quantitative estimate of drug-likeness (QED) is 0.854. The molecule has 0 aromatic heterocycles. The molecule has 16 heavy (non-hydrogen) atoms. The maximum Gasteiger partial charge on any atom is 0.301 e. The smallest absolute Gasteiger partial charge is 0.301 e. The van der Waals surface area contributed by atoms with E-state index in [1.54, 1.807) is 12.1 Å². The van der Waals surface area contributed by atoms with Crippen LogP contribution in [0.4, 0.5) is 5.69 Å². The van der Waals surface area contributed by atoms with Crippen LogP contribution in [0.25, 0.3) is 0 Å². The molecule has 0 aliphatic carbocycles. The van der Waals surface area contributed by atoms with Gasteiger partial charge in [0.15, 0.2) is 0 Å². The Balaban J connectivity index is 2.24. The molecular weight excluding hydrogens is 228 g/mol. The van der Waals surface area contributed by atoms with Crippen LogP contribution in [0.1, 0.15) is 5.56 Å². The number of nitrogens with zero attached hydrogens (tertiary/aromatic N) is 1. The van der Waals surface area contributed by atoms with Gasteiger partial charge >= 0.3 is 10.2 Å². The molecule has 0 saturated heterocycles. The molecule has 0 spiro atoms. The summed E-state index contributed by atoms with van der Waals surface area (Å²) < 4.78 is 32.1. The highest BCUT2D eigenvalue weighted by Crippen LogP contribution is 2.28. The summed E-state index contributed by atoms with van der Waals surface area (Å²) in [6, 6.07) is 5.30. The Bertz CT molecular complexity index is 497. The van der Waals surface area contributed by atoms with E-state index in [4.69, 9.17) is 4.74 Å². The van der Waals surface area contributed by atoms with Gasteiger partial charge in [0.1, 0.15) is 5.75 Å². The van der Waals surface area contributed by atoms with Gasteiger partial charge in [0.05, 0.1) is 12.3 Å². The lowest BCUT2D eigenvalue weighted by molar-refractivity contribution is 0.357. The Hall–Kier alpha value is -1.27. The molecule has 1 heterocycles. The number of ether oxygens (including phenoxy) is 1. The molecule has 0 saturated carbocycles. The normalized spacial score (nSPS) is 14.7. The first kappa shape index (κ1) is 11.2. The number of fused-ring (bicyclic) bond motifs is 1. The summed E-state index contributed by atoms with van der Waals surface area (Å²) in [5, 5.41) is 0. The van der Waals surface area contributed by atoms with Crippen LogP contribution in [0.2, 0.25) is 0 Å². The van der Waals surface area contributed by atoms with E-state index in [1.165, 1.54) is 14.1 Å². The van der Waals surface area contributed by atoms with Crippen LogP contribution in [0, 0.1) is 0 Å². The van der Waals surface area contributed by atoms with Crippen molar-refractivity contribution in [3.05, 3.63) is 23.8 Å². The topological polar surface area (TPSA) is 58.6 Å². The van der Waals surface area contributed by atoms with E-state index in [-0.39, 0.29) is 0 Å². The summed E-state index contributed by atoms with van der Waals surface area (Å²) in [4.78, 5) is 0. The fraction of sp³-hybridized carbons (Fsp3) is 0.400. The molecular formula is C10H14N2O3S. The van der Waals surface area contributed by atoms with Crippen molar-refractivity contribution in [3.8, 4) is 5.75 Å². The zero-order valence-electron chi connectivity index (χ0n) is 9.23. The largest absolute Gasteiger partial charge is 0.493 e.